The van der Waals surface area contributed by atoms with Gasteiger partial charge in [0.05, 0.1) is 0 Å². The molecule has 0 spiro atoms. The quantitative estimate of drug-likeness (QED) is 0.427. The van der Waals surface area contributed by atoms with Gasteiger partial charge >= 0.3 is 0 Å². The molecule has 0 radical (unpaired) electrons. The van der Waals surface area contributed by atoms with Gasteiger partial charge in [-0.3, -0.25) is 0 Å². The molecular weight excluding hydrogens is 314 g/mol. The van der Waals surface area contributed by atoms with E-state index in [4.69, 9.17) is 0 Å². The Hall–Kier alpha value is -1.53. The summed E-state index contributed by atoms with van der Waals surface area (Å²) in [7, 11) is 0. The zero-order chi connectivity index (χ0) is 16.3. The summed E-state index contributed by atoms with van der Waals surface area (Å²) in [6, 6.07) is 7.80. The highest BCUT2D eigenvalue weighted by atomic mass is 32.2. The fraction of sp³-hybridized carbons (Fsp3) is 0.250. The van der Waals surface area contributed by atoms with Gasteiger partial charge in [0, 0.05) is 29.6 Å². The lowest BCUT2D eigenvalue weighted by molar-refractivity contribution is 0.405. The Kier molecular flexibility index (Phi) is 5.47. The first-order valence-electron chi connectivity index (χ1n) is 6.73. The number of rotatable bonds is 5. The molecule has 0 aliphatic heterocycles. The third-order valence-corrected chi connectivity index (χ3v) is 4.27. The molecule has 6 heteroatoms. The topological polar surface area (TPSA) is 3.24 Å². The minimum Gasteiger partial charge on any atom is -0.242 e. The maximum atomic E-state index is 13.7. The van der Waals surface area contributed by atoms with E-state index in [9.17, 15) is 17.6 Å². The average molecular weight is 329 g/mol. The zero-order valence-electron chi connectivity index (χ0n) is 12.2. The van der Waals surface area contributed by atoms with Crippen molar-refractivity contribution in [2.24, 2.45) is 0 Å². The minimum absolute atomic E-state index is 0.220. The van der Waals surface area contributed by atoms with Crippen LogP contribution in [-0.4, -0.2) is 10.8 Å². The molecular formula is C16H15F4NS. The molecule has 1 nitrogen and oxygen atoms in total. The number of hydrogen-bond acceptors (Lipinski definition) is 2. The van der Waals surface area contributed by atoms with Crippen LogP contribution in [0.2, 0.25) is 0 Å². The summed E-state index contributed by atoms with van der Waals surface area (Å²) in [5, 5.41) is 0. The van der Waals surface area contributed by atoms with E-state index in [1.807, 2.05) is 31.2 Å². The molecule has 0 saturated carbocycles. The third kappa shape index (κ3) is 3.81. The Bertz CT molecular complexity index is 632. The Morgan fingerprint density at radius 3 is 2.00 bits per heavy atom. The molecule has 0 N–H and O–H groups in total. The molecule has 0 aliphatic rings. The van der Waals surface area contributed by atoms with E-state index in [0.717, 1.165) is 10.5 Å². The van der Waals surface area contributed by atoms with E-state index in [2.05, 4.69) is 0 Å². The highest BCUT2D eigenvalue weighted by molar-refractivity contribution is 7.97. The van der Waals surface area contributed by atoms with E-state index in [0.29, 0.717) is 6.54 Å². The second-order valence-electron chi connectivity index (χ2n) is 4.81. The smallest absolute Gasteiger partial charge is 0.166 e. The Balaban J connectivity index is 2.22. The van der Waals surface area contributed by atoms with Crippen LogP contribution in [0.5, 0.6) is 0 Å². The fourth-order valence-corrected chi connectivity index (χ4v) is 2.77. The molecule has 0 aromatic heterocycles. The van der Waals surface area contributed by atoms with Gasteiger partial charge in [0.2, 0.25) is 0 Å². The number of benzene rings is 2. The minimum atomic E-state index is -1.38. The molecule has 0 aliphatic carbocycles. The normalized spacial score (nSPS) is 11.2. The Morgan fingerprint density at radius 2 is 1.50 bits per heavy atom. The van der Waals surface area contributed by atoms with E-state index in [-0.39, 0.29) is 12.6 Å². The maximum absolute atomic E-state index is 13.7. The van der Waals surface area contributed by atoms with E-state index < -0.39 is 28.8 Å². The molecule has 0 unspecified atom stereocenters. The first-order chi connectivity index (χ1) is 10.4. The van der Waals surface area contributed by atoms with Crippen molar-refractivity contribution in [3.05, 3.63) is 64.7 Å². The first-order valence-corrected chi connectivity index (χ1v) is 7.51. The number of hydrogen-bond donors (Lipinski definition) is 0. The molecule has 0 amide bonds. The van der Waals surface area contributed by atoms with Crippen molar-refractivity contribution in [2.45, 2.75) is 25.3 Å². The summed E-state index contributed by atoms with van der Waals surface area (Å²) in [4.78, 5) is 0.880. The summed E-state index contributed by atoms with van der Waals surface area (Å²) < 4.78 is 55.5. The molecule has 2 aromatic carbocycles. The van der Waals surface area contributed by atoms with Crippen LogP contribution in [0.3, 0.4) is 0 Å². The van der Waals surface area contributed by atoms with Crippen LogP contribution >= 0.6 is 11.9 Å². The van der Waals surface area contributed by atoms with Crippen molar-refractivity contribution in [3.63, 3.8) is 0 Å². The zero-order valence-corrected chi connectivity index (χ0v) is 13.0. The van der Waals surface area contributed by atoms with E-state index >= 15 is 0 Å². The lowest BCUT2D eigenvalue weighted by Crippen LogP contribution is -2.17. The van der Waals surface area contributed by atoms with Crippen LogP contribution in [-0.2, 0) is 6.54 Å². The summed E-state index contributed by atoms with van der Waals surface area (Å²) >= 11 is 1.28. The van der Waals surface area contributed by atoms with E-state index in [1.165, 1.54) is 11.9 Å². The largest absolute Gasteiger partial charge is 0.242 e. The predicted molar refractivity (Wildman–Crippen MR) is 79.4 cm³/mol. The van der Waals surface area contributed by atoms with Gasteiger partial charge < -0.3 is 0 Å². The molecule has 118 valence electrons. The summed E-state index contributed by atoms with van der Waals surface area (Å²) in [5.74, 6) is -5.46. The monoisotopic (exact) mass is 329 g/mol. The Labute approximate surface area is 131 Å². The summed E-state index contributed by atoms with van der Waals surface area (Å²) in [6.07, 6.45) is 0. The molecule has 22 heavy (non-hydrogen) atoms. The first kappa shape index (κ1) is 16.8. The van der Waals surface area contributed by atoms with Gasteiger partial charge in [-0.1, -0.05) is 24.6 Å². The standard InChI is InChI=1S/C16H15F4NS/c1-3-21(22-11-6-4-10(2)5-7-11)9-12-15(19)13(17)8-14(18)16(12)20/h4-8H,3,9H2,1-2H3. The fourth-order valence-electron chi connectivity index (χ4n) is 1.89. The Morgan fingerprint density at radius 1 is 0.955 bits per heavy atom. The van der Waals surface area contributed by atoms with Crippen LogP contribution in [0.4, 0.5) is 17.6 Å². The van der Waals surface area contributed by atoms with Gasteiger partial charge in [0.15, 0.2) is 23.3 Å². The maximum Gasteiger partial charge on any atom is 0.166 e. The number of aryl methyl sites for hydroxylation is 1. The van der Waals surface area contributed by atoms with Gasteiger partial charge in [-0.05, 0) is 31.0 Å². The molecule has 2 rings (SSSR count). The number of nitrogens with zero attached hydrogens (tertiary/aromatic N) is 1. The van der Waals surface area contributed by atoms with E-state index in [1.54, 1.807) is 11.2 Å². The van der Waals surface area contributed by atoms with Gasteiger partial charge in [-0.2, -0.15) is 0 Å². The van der Waals surface area contributed by atoms with Crippen LogP contribution in [0.25, 0.3) is 0 Å². The lowest BCUT2D eigenvalue weighted by Gasteiger charge is -2.20. The second kappa shape index (κ2) is 7.15. The summed E-state index contributed by atoms with van der Waals surface area (Å²) in [5.41, 5.74) is 0.496. The highest BCUT2D eigenvalue weighted by Gasteiger charge is 2.21. The summed E-state index contributed by atoms with van der Waals surface area (Å²) in [6.45, 7) is 3.97. The lowest BCUT2D eigenvalue weighted by atomic mass is 10.2. The van der Waals surface area contributed by atoms with Crippen LogP contribution in [0, 0.1) is 30.2 Å². The third-order valence-electron chi connectivity index (χ3n) is 3.15. The van der Waals surface area contributed by atoms with Gasteiger partial charge in [-0.15, -0.1) is 0 Å². The SMILES string of the molecule is CCN(Cc1c(F)c(F)cc(F)c1F)Sc1ccc(C)cc1. The van der Waals surface area contributed by atoms with Gasteiger partial charge in [0.25, 0.3) is 0 Å². The van der Waals surface area contributed by atoms with Crippen molar-refractivity contribution in [1.29, 1.82) is 0 Å². The molecule has 0 bridgehead atoms. The predicted octanol–water partition coefficient (Wildman–Crippen LogP) is 5.08. The van der Waals surface area contributed by atoms with Crippen molar-refractivity contribution in [3.8, 4) is 0 Å². The van der Waals surface area contributed by atoms with Crippen LogP contribution in [0.15, 0.2) is 35.2 Å². The molecule has 0 atom stereocenters. The van der Waals surface area contributed by atoms with Crippen molar-refractivity contribution in [2.75, 3.05) is 6.54 Å². The highest BCUT2D eigenvalue weighted by Crippen LogP contribution is 2.27. The van der Waals surface area contributed by atoms with Gasteiger partial charge in [0.1, 0.15) is 0 Å². The van der Waals surface area contributed by atoms with Crippen LogP contribution in [0.1, 0.15) is 18.1 Å². The molecule has 0 fully saturated rings. The second-order valence-corrected chi connectivity index (χ2v) is 5.98. The molecule has 0 saturated heterocycles. The van der Waals surface area contributed by atoms with Crippen molar-refractivity contribution >= 4 is 11.9 Å². The van der Waals surface area contributed by atoms with Gasteiger partial charge in [-0.25, -0.2) is 21.9 Å². The average Bonchev–Trinajstić information content (AvgIpc) is 2.50. The molecule has 0 heterocycles. The molecule has 2 aromatic rings. The van der Waals surface area contributed by atoms with Crippen molar-refractivity contribution < 1.29 is 17.6 Å². The van der Waals surface area contributed by atoms with Crippen molar-refractivity contribution in [1.82, 2.24) is 4.31 Å². The van der Waals surface area contributed by atoms with Crippen LogP contribution < -0.4 is 0 Å². The number of halogens is 4.